The van der Waals surface area contributed by atoms with Crippen LogP contribution in [0.5, 0.6) is 0 Å². The number of aromatic nitrogens is 4. The van der Waals surface area contributed by atoms with Gasteiger partial charge in [-0.1, -0.05) is 0 Å². The Balaban J connectivity index is 1.68. The van der Waals surface area contributed by atoms with E-state index in [4.69, 9.17) is 4.98 Å². The van der Waals surface area contributed by atoms with Crippen molar-refractivity contribution in [2.75, 3.05) is 19.0 Å². The number of rotatable bonds is 2. The van der Waals surface area contributed by atoms with Crippen LogP contribution in [0.4, 0.5) is 5.69 Å². The lowest BCUT2D eigenvalue weighted by Crippen LogP contribution is -2.07. The van der Waals surface area contributed by atoms with Gasteiger partial charge in [0.05, 0.1) is 5.39 Å². The molecule has 25 heavy (non-hydrogen) atoms. The predicted molar refractivity (Wildman–Crippen MR) is 103 cm³/mol. The Morgan fingerprint density at radius 1 is 1.08 bits per heavy atom. The molecule has 126 valence electrons. The summed E-state index contributed by atoms with van der Waals surface area (Å²) in [7, 11) is 4.08. The van der Waals surface area contributed by atoms with Gasteiger partial charge in [-0.2, -0.15) is 0 Å². The summed E-state index contributed by atoms with van der Waals surface area (Å²) >= 11 is 1.83. The molecule has 6 heteroatoms. The number of thiophene rings is 1. The highest BCUT2D eigenvalue weighted by Crippen LogP contribution is 2.37. The van der Waals surface area contributed by atoms with Crippen LogP contribution in [0.1, 0.15) is 23.3 Å². The highest BCUT2D eigenvalue weighted by molar-refractivity contribution is 7.19. The molecule has 5 nitrogen and oxygen atoms in total. The SMILES string of the molecule is CN(C)c1ccc(-c2nc3c4c5c(sc4ncn3n2)CCCC5)cc1. The maximum atomic E-state index is 4.87. The maximum Gasteiger partial charge on any atom is 0.182 e. The average Bonchev–Trinajstić information content (AvgIpc) is 3.22. The molecule has 0 saturated heterocycles. The van der Waals surface area contributed by atoms with Gasteiger partial charge in [-0.3, -0.25) is 0 Å². The summed E-state index contributed by atoms with van der Waals surface area (Å²) in [4.78, 5) is 14.2. The minimum atomic E-state index is 0.760. The average molecular weight is 349 g/mol. The summed E-state index contributed by atoms with van der Waals surface area (Å²) in [6.45, 7) is 0. The Morgan fingerprint density at radius 3 is 2.68 bits per heavy atom. The van der Waals surface area contributed by atoms with Gasteiger partial charge >= 0.3 is 0 Å². The molecule has 0 atom stereocenters. The zero-order valence-corrected chi connectivity index (χ0v) is 15.2. The van der Waals surface area contributed by atoms with Gasteiger partial charge in [0.15, 0.2) is 11.5 Å². The van der Waals surface area contributed by atoms with Crippen molar-refractivity contribution in [3.05, 3.63) is 41.0 Å². The van der Waals surface area contributed by atoms with E-state index in [1.54, 1.807) is 6.33 Å². The van der Waals surface area contributed by atoms with E-state index in [1.165, 1.54) is 40.8 Å². The number of hydrogen-bond acceptors (Lipinski definition) is 5. The van der Waals surface area contributed by atoms with Gasteiger partial charge in [-0.05, 0) is 55.5 Å². The van der Waals surface area contributed by atoms with E-state index in [9.17, 15) is 0 Å². The first kappa shape index (κ1) is 14.8. The van der Waals surface area contributed by atoms with E-state index in [2.05, 4.69) is 39.2 Å². The first-order valence-electron chi connectivity index (χ1n) is 8.64. The third kappa shape index (κ3) is 2.32. The van der Waals surface area contributed by atoms with Crippen molar-refractivity contribution in [3.8, 4) is 11.4 Å². The Labute approximate surface area is 149 Å². The second-order valence-electron chi connectivity index (χ2n) is 6.78. The van der Waals surface area contributed by atoms with Crippen LogP contribution in [0, 0.1) is 0 Å². The Kier molecular flexibility index (Phi) is 3.28. The standard InChI is InChI=1S/C19H19N5S/c1-23(2)13-9-7-12(8-10-13)17-21-18-16-14-5-3-4-6-15(14)25-19(16)20-11-24(18)22-17/h7-11H,3-6H2,1-2H3. The highest BCUT2D eigenvalue weighted by Gasteiger charge is 2.20. The van der Waals surface area contributed by atoms with Crippen LogP contribution in [-0.4, -0.2) is 33.7 Å². The topological polar surface area (TPSA) is 46.3 Å². The first-order valence-corrected chi connectivity index (χ1v) is 9.46. The lowest BCUT2D eigenvalue weighted by Gasteiger charge is -2.11. The van der Waals surface area contributed by atoms with Gasteiger partial charge in [0.2, 0.25) is 0 Å². The van der Waals surface area contributed by atoms with Gasteiger partial charge in [0.1, 0.15) is 11.2 Å². The molecule has 0 amide bonds. The van der Waals surface area contributed by atoms with Crippen LogP contribution >= 0.6 is 11.3 Å². The van der Waals surface area contributed by atoms with Crippen LogP contribution in [0.3, 0.4) is 0 Å². The number of benzene rings is 1. The van der Waals surface area contributed by atoms with Gasteiger partial charge in [-0.25, -0.2) is 14.5 Å². The van der Waals surface area contributed by atoms with E-state index in [-0.39, 0.29) is 0 Å². The molecular formula is C19H19N5S. The Bertz CT molecular complexity index is 1070. The number of nitrogens with zero attached hydrogens (tertiary/aromatic N) is 5. The molecule has 3 aromatic heterocycles. The summed E-state index contributed by atoms with van der Waals surface area (Å²) in [6.07, 6.45) is 6.65. The second-order valence-corrected chi connectivity index (χ2v) is 7.86. The molecule has 1 aromatic carbocycles. The minimum absolute atomic E-state index is 0.760. The highest BCUT2D eigenvalue weighted by atomic mass is 32.1. The van der Waals surface area contributed by atoms with Gasteiger partial charge in [-0.15, -0.1) is 16.4 Å². The zero-order chi connectivity index (χ0) is 17.0. The normalized spacial score (nSPS) is 14.2. The molecule has 4 aromatic rings. The van der Waals surface area contributed by atoms with Crippen LogP contribution in [0.2, 0.25) is 0 Å². The second kappa shape index (κ2) is 5.52. The third-order valence-corrected chi connectivity index (χ3v) is 6.13. The molecule has 0 unspecified atom stereocenters. The molecule has 5 rings (SSSR count). The van der Waals surface area contributed by atoms with Crippen molar-refractivity contribution in [3.63, 3.8) is 0 Å². The molecule has 0 spiro atoms. The van der Waals surface area contributed by atoms with Crippen molar-refractivity contribution < 1.29 is 0 Å². The number of aryl methyl sites for hydroxylation is 2. The predicted octanol–water partition coefficient (Wildman–Crippen LogP) is 3.95. The molecule has 0 bridgehead atoms. The summed E-state index contributed by atoms with van der Waals surface area (Å²) in [5, 5.41) is 5.88. The fraction of sp³-hybridized carbons (Fsp3) is 0.316. The number of hydrogen-bond donors (Lipinski definition) is 0. The molecule has 1 aliphatic carbocycles. The zero-order valence-electron chi connectivity index (χ0n) is 14.4. The molecule has 0 aliphatic heterocycles. The van der Waals surface area contributed by atoms with E-state index in [0.717, 1.165) is 28.3 Å². The molecule has 0 N–H and O–H groups in total. The van der Waals surface area contributed by atoms with Gasteiger partial charge < -0.3 is 4.90 Å². The van der Waals surface area contributed by atoms with Crippen LogP contribution < -0.4 is 4.90 Å². The van der Waals surface area contributed by atoms with Crippen molar-refractivity contribution in [1.82, 2.24) is 19.6 Å². The van der Waals surface area contributed by atoms with Crippen molar-refractivity contribution in [2.45, 2.75) is 25.7 Å². The molecule has 3 heterocycles. The smallest absolute Gasteiger partial charge is 0.182 e. The maximum absolute atomic E-state index is 4.87. The first-order chi connectivity index (χ1) is 12.2. The van der Waals surface area contributed by atoms with Crippen LogP contribution in [0.25, 0.3) is 27.3 Å². The molecule has 0 radical (unpaired) electrons. The van der Waals surface area contributed by atoms with Crippen molar-refractivity contribution in [1.29, 1.82) is 0 Å². The van der Waals surface area contributed by atoms with Crippen LogP contribution in [0.15, 0.2) is 30.6 Å². The minimum Gasteiger partial charge on any atom is -0.378 e. The number of anilines is 1. The van der Waals surface area contributed by atoms with E-state index in [1.807, 2.05) is 29.9 Å². The summed E-state index contributed by atoms with van der Waals surface area (Å²) in [5.74, 6) is 0.760. The van der Waals surface area contributed by atoms with Gasteiger partial charge in [0.25, 0.3) is 0 Å². The summed E-state index contributed by atoms with van der Waals surface area (Å²) < 4.78 is 1.83. The van der Waals surface area contributed by atoms with E-state index < -0.39 is 0 Å². The van der Waals surface area contributed by atoms with Gasteiger partial charge in [0, 0.05) is 30.2 Å². The lowest BCUT2D eigenvalue weighted by molar-refractivity contribution is 0.700. The molecule has 0 fully saturated rings. The Hall–Kier alpha value is -2.47. The van der Waals surface area contributed by atoms with Crippen LogP contribution in [-0.2, 0) is 12.8 Å². The van der Waals surface area contributed by atoms with E-state index in [0.29, 0.717) is 0 Å². The lowest BCUT2D eigenvalue weighted by atomic mass is 9.97. The fourth-order valence-electron chi connectivity index (χ4n) is 3.59. The number of fused-ring (bicyclic) bond motifs is 5. The molecular weight excluding hydrogens is 330 g/mol. The Morgan fingerprint density at radius 2 is 1.88 bits per heavy atom. The van der Waals surface area contributed by atoms with Crippen molar-refractivity contribution in [2.24, 2.45) is 0 Å². The van der Waals surface area contributed by atoms with Crippen molar-refractivity contribution >= 4 is 32.9 Å². The van der Waals surface area contributed by atoms with E-state index >= 15 is 0 Å². The summed E-state index contributed by atoms with van der Waals surface area (Å²) in [5.41, 5.74) is 4.59. The molecule has 0 saturated carbocycles. The quantitative estimate of drug-likeness (QED) is 0.550. The summed E-state index contributed by atoms with van der Waals surface area (Å²) in [6, 6.07) is 8.36. The molecule has 1 aliphatic rings. The largest absolute Gasteiger partial charge is 0.378 e. The third-order valence-electron chi connectivity index (χ3n) is 4.93. The fourth-order valence-corrected chi connectivity index (χ4v) is 4.81. The monoisotopic (exact) mass is 349 g/mol.